The third-order valence-corrected chi connectivity index (χ3v) is 5.81. The zero-order valence-electron chi connectivity index (χ0n) is 19.6. The molecule has 0 radical (unpaired) electrons. The van der Waals surface area contributed by atoms with Gasteiger partial charge in [-0.25, -0.2) is 9.91 Å². The zero-order valence-corrected chi connectivity index (χ0v) is 19.6. The SMILES string of the molecule is CC=CC(=O)N(NC(=O)c1cccc2ccccc12)C1CC(=O)N(c2cc(C)ccc2OC)C1=O. The van der Waals surface area contributed by atoms with Crippen molar-refractivity contribution in [1.29, 1.82) is 0 Å². The maximum absolute atomic E-state index is 13.5. The number of methoxy groups -OCH3 is 1. The molecular weight excluding hydrogens is 446 g/mol. The summed E-state index contributed by atoms with van der Waals surface area (Å²) in [5.41, 5.74) is 4.05. The fourth-order valence-corrected chi connectivity index (χ4v) is 4.15. The second kappa shape index (κ2) is 9.80. The van der Waals surface area contributed by atoms with E-state index in [1.807, 2.05) is 31.2 Å². The molecular formula is C27H25N3O5. The van der Waals surface area contributed by atoms with E-state index in [1.54, 1.807) is 43.3 Å². The predicted molar refractivity (Wildman–Crippen MR) is 132 cm³/mol. The number of carbonyl (C=O) groups excluding carboxylic acids is 4. The van der Waals surface area contributed by atoms with Gasteiger partial charge in [-0.1, -0.05) is 48.5 Å². The molecule has 0 bridgehead atoms. The molecule has 1 aliphatic heterocycles. The van der Waals surface area contributed by atoms with Crippen molar-refractivity contribution >= 4 is 40.1 Å². The molecule has 4 amide bonds. The van der Waals surface area contributed by atoms with E-state index < -0.39 is 29.7 Å². The van der Waals surface area contributed by atoms with Crippen LogP contribution in [0.15, 0.2) is 72.8 Å². The van der Waals surface area contributed by atoms with Crippen molar-refractivity contribution in [3.05, 3.63) is 83.9 Å². The third-order valence-electron chi connectivity index (χ3n) is 5.81. The molecule has 3 aromatic carbocycles. The normalized spacial score (nSPS) is 15.6. The van der Waals surface area contributed by atoms with Crippen LogP contribution in [-0.2, 0) is 14.4 Å². The maximum Gasteiger partial charge on any atom is 0.270 e. The minimum Gasteiger partial charge on any atom is -0.495 e. The molecule has 4 rings (SSSR count). The summed E-state index contributed by atoms with van der Waals surface area (Å²) in [5, 5.41) is 2.49. The van der Waals surface area contributed by atoms with Gasteiger partial charge in [0, 0.05) is 11.6 Å². The Morgan fingerprint density at radius 1 is 1.09 bits per heavy atom. The van der Waals surface area contributed by atoms with Gasteiger partial charge in [0.2, 0.25) is 5.91 Å². The lowest BCUT2D eigenvalue weighted by Gasteiger charge is -2.27. The van der Waals surface area contributed by atoms with Gasteiger partial charge in [0.05, 0.1) is 19.2 Å². The van der Waals surface area contributed by atoms with Crippen LogP contribution in [0, 0.1) is 6.92 Å². The van der Waals surface area contributed by atoms with Crippen LogP contribution in [-0.4, -0.2) is 41.8 Å². The van der Waals surface area contributed by atoms with Crippen molar-refractivity contribution in [3.63, 3.8) is 0 Å². The van der Waals surface area contributed by atoms with Crippen molar-refractivity contribution in [2.45, 2.75) is 26.3 Å². The van der Waals surface area contributed by atoms with Crippen LogP contribution in [0.1, 0.15) is 29.3 Å². The number of aryl methyl sites for hydroxylation is 1. The van der Waals surface area contributed by atoms with Gasteiger partial charge in [-0.2, -0.15) is 0 Å². The van der Waals surface area contributed by atoms with Crippen molar-refractivity contribution in [2.24, 2.45) is 0 Å². The molecule has 1 saturated heterocycles. The Bertz CT molecular complexity index is 1360. The first kappa shape index (κ1) is 23.7. The van der Waals surface area contributed by atoms with Gasteiger partial charge in [0.25, 0.3) is 17.7 Å². The van der Waals surface area contributed by atoms with E-state index in [2.05, 4.69) is 5.43 Å². The number of hydrogen-bond donors (Lipinski definition) is 1. The Labute approximate surface area is 202 Å². The molecule has 1 heterocycles. The number of hydrogen-bond acceptors (Lipinski definition) is 5. The second-order valence-electron chi connectivity index (χ2n) is 8.14. The smallest absolute Gasteiger partial charge is 0.270 e. The van der Waals surface area contributed by atoms with Crippen molar-refractivity contribution in [1.82, 2.24) is 10.4 Å². The molecule has 0 aliphatic carbocycles. The molecule has 0 saturated carbocycles. The van der Waals surface area contributed by atoms with Crippen LogP contribution >= 0.6 is 0 Å². The average molecular weight is 472 g/mol. The summed E-state index contributed by atoms with van der Waals surface area (Å²) in [7, 11) is 1.45. The minimum absolute atomic E-state index is 0.283. The van der Waals surface area contributed by atoms with Crippen LogP contribution in [0.25, 0.3) is 10.8 Å². The van der Waals surface area contributed by atoms with E-state index in [9.17, 15) is 19.2 Å². The fraction of sp³-hybridized carbons (Fsp3) is 0.185. The van der Waals surface area contributed by atoms with Gasteiger partial charge in [-0.3, -0.25) is 24.6 Å². The number of ether oxygens (including phenoxy) is 1. The number of nitrogens with zero attached hydrogens (tertiary/aromatic N) is 2. The Hall–Kier alpha value is -4.46. The first-order chi connectivity index (χ1) is 16.8. The van der Waals surface area contributed by atoms with Crippen LogP contribution in [0.3, 0.4) is 0 Å². The second-order valence-corrected chi connectivity index (χ2v) is 8.14. The number of imide groups is 1. The maximum atomic E-state index is 13.5. The zero-order chi connectivity index (χ0) is 25.1. The molecule has 35 heavy (non-hydrogen) atoms. The summed E-state index contributed by atoms with van der Waals surface area (Å²) in [6.45, 7) is 3.48. The van der Waals surface area contributed by atoms with E-state index in [4.69, 9.17) is 4.74 Å². The van der Waals surface area contributed by atoms with Gasteiger partial charge in [-0.05, 0) is 48.4 Å². The number of rotatable bonds is 5. The molecule has 3 aromatic rings. The first-order valence-electron chi connectivity index (χ1n) is 11.1. The summed E-state index contributed by atoms with van der Waals surface area (Å²) < 4.78 is 5.35. The van der Waals surface area contributed by atoms with Gasteiger partial charge in [-0.15, -0.1) is 0 Å². The molecule has 8 nitrogen and oxygen atoms in total. The van der Waals surface area contributed by atoms with Crippen LogP contribution < -0.4 is 15.1 Å². The van der Waals surface area contributed by atoms with E-state index >= 15 is 0 Å². The number of carbonyl (C=O) groups is 4. The number of anilines is 1. The molecule has 1 unspecified atom stereocenters. The van der Waals surface area contributed by atoms with Crippen molar-refractivity contribution < 1.29 is 23.9 Å². The van der Waals surface area contributed by atoms with Crippen LogP contribution in [0.4, 0.5) is 5.69 Å². The Morgan fingerprint density at radius 2 is 1.83 bits per heavy atom. The summed E-state index contributed by atoms with van der Waals surface area (Å²) in [4.78, 5) is 53.6. The Kier molecular flexibility index (Phi) is 6.64. The predicted octanol–water partition coefficient (Wildman–Crippen LogP) is 3.54. The molecule has 0 aromatic heterocycles. The monoisotopic (exact) mass is 471 g/mol. The summed E-state index contributed by atoms with van der Waals surface area (Å²) in [6, 6.07) is 16.5. The number of allylic oxidation sites excluding steroid dienone is 1. The first-order valence-corrected chi connectivity index (χ1v) is 11.1. The number of fused-ring (bicyclic) bond motifs is 1. The number of nitrogens with one attached hydrogen (secondary N) is 1. The van der Waals surface area contributed by atoms with Gasteiger partial charge in [0.15, 0.2) is 0 Å². The lowest BCUT2D eigenvalue weighted by atomic mass is 10.0. The lowest BCUT2D eigenvalue weighted by Crippen LogP contribution is -2.54. The largest absolute Gasteiger partial charge is 0.495 e. The molecule has 1 N–H and O–H groups in total. The highest BCUT2D eigenvalue weighted by molar-refractivity contribution is 6.24. The van der Waals surface area contributed by atoms with Crippen LogP contribution in [0.5, 0.6) is 5.75 Å². The quantitative estimate of drug-likeness (QED) is 0.349. The molecule has 178 valence electrons. The third kappa shape index (κ3) is 4.50. The topological polar surface area (TPSA) is 96.0 Å². The van der Waals surface area contributed by atoms with Crippen molar-refractivity contribution in [2.75, 3.05) is 12.0 Å². The van der Waals surface area contributed by atoms with Gasteiger partial charge < -0.3 is 4.74 Å². The summed E-state index contributed by atoms with van der Waals surface area (Å²) >= 11 is 0. The average Bonchev–Trinajstić information content (AvgIpc) is 3.15. The standard InChI is InChI=1S/C27H25N3O5/c1-4-8-24(31)30(28-26(33)20-12-7-10-18-9-5-6-11-19(18)20)22-16-25(32)29(27(22)34)21-15-17(2)13-14-23(21)35-3/h4-15,22H,16H2,1-3H3,(H,28,33). The Balaban J connectivity index is 1.69. The van der Waals surface area contributed by atoms with E-state index in [0.29, 0.717) is 22.4 Å². The molecule has 1 fully saturated rings. The Morgan fingerprint density at radius 3 is 2.57 bits per heavy atom. The van der Waals surface area contributed by atoms with Crippen molar-refractivity contribution in [3.8, 4) is 5.75 Å². The fourth-order valence-electron chi connectivity index (χ4n) is 4.15. The van der Waals surface area contributed by atoms with Gasteiger partial charge in [0.1, 0.15) is 11.8 Å². The van der Waals surface area contributed by atoms with Crippen LogP contribution in [0.2, 0.25) is 0 Å². The van der Waals surface area contributed by atoms with E-state index in [-0.39, 0.29) is 6.42 Å². The molecule has 1 aliphatic rings. The highest BCUT2D eigenvalue weighted by Gasteiger charge is 2.46. The lowest BCUT2D eigenvalue weighted by molar-refractivity contribution is -0.137. The minimum atomic E-state index is -1.21. The summed E-state index contributed by atoms with van der Waals surface area (Å²) in [6.07, 6.45) is 2.45. The highest BCUT2D eigenvalue weighted by atomic mass is 16.5. The number of amides is 4. The summed E-state index contributed by atoms with van der Waals surface area (Å²) in [5.74, 6) is -1.96. The number of hydrazine groups is 1. The molecule has 8 heteroatoms. The van der Waals surface area contributed by atoms with Gasteiger partial charge >= 0.3 is 0 Å². The molecule has 1 atom stereocenters. The van der Waals surface area contributed by atoms with E-state index in [1.165, 1.54) is 19.3 Å². The number of benzene rings is 3. The highest BCUT2D eigenvalue weighted by Crippen LogP contribution is 2.34. The van der Waals surface area contributed by atoms with E-state index in [0.717, 1.165) is 20.9 Å². The molecule has 0 spiro atoms.